The quantitative estimate of drug-likeness (QED) is 0.531. The van der Waals surface area contributed by atoms with E-state index in [0.717, 1.165) is 15.2 Å². The molecule has 3 aromatic rings. The number of hydrogen-bond acceptors (Lipinski definition) is 7. The van der Waals surface area contributed by atoms with Crippen molar-refractivity contribution >= 4 is 44.2 Å². The predicted octanol–water partition coefficient (Wildman–Crippen LogP) is 1.76. The monoisotopic (exact) mass is 466 g/mol. The second kappa shape index (κ2) is 8.90. The number of nitrogens with zero attached hydrogens (tertiary/aromatic N) is 4. The maximum Gasteiger partial charge on any atom is 0.327 e. The Kier molecular flexibility index (Phi) is 6.46. The molecule has 164 valence electrons. The number of carbonyl (C=O) groups is 1. The highest BCUT2D eigenvalue weighted by Crippen LogP contribution is 2.24. The number of aryl methyl sites for hydroxylation is 1. The molecule has 1 aromatic heterocycles. The van der Waals surface area contributed by atoms with Gasteiger partial charge in [0, 0.05) is 11.6 Å². The van der Waals surface area contributed by atoms with Gasteiger partial charge in [0.25, 0.3) is 5.56 Å². The van der Waals surface area contributed by atoms with E-state index in [1.807, 2.05) is 0 Å². The van der Waals surface area contributed by atoms with Crippen molar-refractivity contribution in [3.8, 4) is 5.75 Å². The molecule has 1 heterocycles. The van der Waals surface area contributed by atoms with Gasteiger partial charge in [-0.1, -0.05) is 16.8 Å². The first-order valence-corrected chi connectivity index (χ1v) is 11.2. The van der Waals surface area contributed by atoms with Gasteiger partial charge in [0.05, 0.1) is 24.4 Å². The van der Waals surface area contributed by atoms with Crippen molar-refractivity contribution in [3.63, 3.8) is 0 Å². The fourth-order valence-corrected chi connectivity index (χ4v) is 4.39. The van der Waals surface area contributed by atoms with Gasteiger partial charge in [0.2, 0.25) is 10.0 Å². The Bertz CT molecular complexity index is 1280. The van der Waals surface area contributed by atoms with Gasteiger partial charge in [-0.15, -0.1) is 5.10 Å². The molecule has 0 aliphatic carbocycles. The molecule has 10 nitrogen and oxygen atoms in total. The number of aliphatic carboxylic acids is 1. The minimum absolute atomic E-state index is 0.140. The summed E-state index contributed by atoms with van der Waals surface area (Å²) in [6.07, 6.45) is 0.681. The molecule has 31 heavy (non-hydrogen) atoms. The number of fused-ring (bicyclic) bond motifs is 1. The molecule has 0 spiro atoms. The van der Waals surface area contributed by atoms with Crippen LogP contribution in [0, 0.1) is 0 Å². The van der Waals surface area contributed by atoms with Crippen LogP contribution in [0.4, 0.5) is 5.69 Å². The number of anilines is 1. The lowest BCUT2D eigenvalue weighted by Crippen LogP contribution is -2.46. The molecule has 0 radical (unpaired) electrons. The minimum atomic E-state index is -3.96. The molecule has 0 amide bonds. The first kappa shape index (κ1) is 22.5. The van der Waals surface area contributed by atoms with Gasteiger partial charge in [0.15, 0.2) is 0 Å². The van der Waals surface area contributed by atoms with Gasteiger partial charge in [-0.05, 0) is 48.9 Å². The largest absolute Gasteiger partial charge is 0.497 e. The number of sulfonamides is 1. The lowest BCUT2D eigenvalue weighted by molar-refractivity contribution is -0.138. The van der Waals surface area contributed by atoms with E-state index >= 15 is 0 Å². The standard InChI is InChI=1S/C19H19ClN4O6S/c1-30-14-7-8-16-15(11-14)18(25)23(22-21-16)10-9-17(19(26)27)24(31(2,28)29)13-5-3-12(20)4-6-13/h3-8,11,17H,9-10H2,1-2H3,(H,26,27). The Morgan fingerprint density at radius 3 is 2.52 bits per heavy atom. The van der Waals surface area contributed by atoms with Crippen molar-refractivity contribution in [1.82, 2.24) is 15.0 Å². The third kappa shape index (κ3) is 4.94. The number of carboxylic acids is 1. The zero-order valence-electron chi connectivity index (χ0n) is 16.6. The van der Waals surface area contributed by atoms with Crippen molar-refractivity contribution < 1.29 is 23.1 Å². The highest BCUT2D eigenvalue weighted by atomic mass is 35.5. The molecular weight excluding hydrogens is 448 g/mol. The summed E-state index contributed by atoms with van der Waals surface area (Å²) in [6, 6.07) is 8.98. The number of carboxylic acid groups (broad SMARTS) is 1. The summed E-state index contributed by atoms with van der Waals surface area (Å²) < 4.78 is 31.7. The maximum atomic E-state index is 12.8. The van der Waals surface area contributed by atoms with Crippen LogP contribution in [0.3, 0.4) is 0 Å². The number of hydrogen-bond donors (Lipinski definition) is 1. The molecule has 1 atom stereocenters. The Morgan fingerprint density at radius 1 is 1.26 bits per heavy atom. The molecule has 3 rings (SSSR count). The van der Waals surface area contributed by atoms with Gasteiger partial charge in [-0.3, -0.25) is 9.10 Å². The summed E-state index contributed by atoms with van der Waals surface area (Å²) in [4.78, 5) is 24.7. The second-order valence-electron chi connectivity index (χ2n) is 6.68. The molecule has 0 aliphatic rings. The van der Waals surface area contributed by atoms with Crippen molar-refractivity contribution in [1.29, 1.82) is 0 Å². The van der Waals surface area contributed by atoms with Crippen LogP contribution in [-0.4, -0.2) is 53.9 Å². The Balaban J connectivity index is 1.96. The fraction of sp³-hybridized carbons (Fsp3) is 0.263. The van der Waals surface area contributed by atoms with Gasteiger partial charge in [0.1, 0.15) is 17.3 Å². The summed E-state index contributed by atoms with van der Waals surface area (Å²) >= 11 is 5.85. The zero-order valence-corrected chi connectivity index (χ0v) is 18.2. The van der Waals surface area contributed by atoms with E-state index in [-0.39, 0.29) is 24.0 Å². The number of methoxy groups -OCH3 is 1. The van der Waals surface area contributed by atoms with Gasteiger partial charge in [-0.2, -0.15) is 0 Å². The summed E-state index contributed by atoms with van der Waals surface area (Å²) in [5, 5.41) is 18.2. The van der Waals surface area contributed by atoms with Crippen LogP contribution in [0.15, 0.2) is 47.3 Å². The van der Waals surface area contributed by atoms with Crippen LogP contribution in [0.2, 0.25) is 5.02 Å². The van der Waals surface area contributed by atoms with Crippen LogP contribution in [0.1, 0.15) is 6.42 Å². The number of rotatable bonds is 8. The van der Waals surface area contributed by atoms with E-state index in [4.69, 9.17) is 16.3 Å². The molecule has 0 bridgehead atoms. The number of halogens is 1. The number of benzene rings is 2. The average Bonchev–Trinajstić information content (AvgIpc) is 2.72. The summed E-state index contributed by atoms with van der Waals surface area (Å²) in [5.41, 5.74) is 0.00202. The first-order valence-electron chi connectivity index (χ1n) is 9.01. The van der Waals surface area contributed by atoms with Crippen LogP contribution < -0.4 is 14.6 Å². The molecule has 1 unspecified atom stereocenters. The molecule has 12 heteroatoms. The highest BCUT2D eigenvalue weighted by Gasteiger charge is 2.32. The Labute approximate surface area is 182 Å². The van der Waals surface area contributed by atoms with Crippen molar-refractivity contribution in [3.05, 3.63) is 57.8 Å². The Morgan fingerprint density at radius 2 is 1.94 bits per heavy atom. The first-order chi connectivity index (χ1) is 14.6. The van der Waals surface area contributed by atoms with Crippen molar-refractivity contribution in [2.75, 3.05) is 17.7 Å². The third-order valence-electron chi connectivity index (χ3n) is 4.55. The SMILES string of the molecule is COc1ccc2nnn(CCC(C(=O)O)N(c3ccc(Cl)cc3)S(C)(=O)=O)c(=O)c2c1. The molecular formula is C19H19ClN4O6S. The number of ether oxygens (including phenoxy) is 1. The van der Waals surface area contributed by atoms with E-state index in [1.54, 1.807) is 12.1 Å². The second-order valence-corrected chi connectivity index (χ2v) is 8.97. The van der Waals surface area contributed by atoms with Crippen LogP contribution in [0.5, 0.6) is 5.75 Å². The Hall–Kier alpha value is -3.18. The maximum absolute atomic E-state index is 12.8. The van der Waals surface area contributed by atoms with Crippen LogP contribution >= 0.6 is 11.6 Å². The predicted molar refractivity (Wildman–Crippen MR) is 115 cm³/mol. The van der Waals surface area contributed by atoms with E-state index < -0.39 is 27.6 Å². The molecule has 0 saturated carbocycles. The van der Waals surface area contributed by atoms with Crippen molar-refractivity contribution in [2.45, 2.75) is 19.0 Å². The normalized spacial score (nSPS) is 12.5. The van der Waals surface area contributed by atoms with Crippen LogP contribution in [0.25, 0.3) is 10.9 Å². The lowest BCUT2D eigenvalue weighted by Gasteiger charge is -2.28. The molecule has 0 fully saturated rings. The average molecular weight is 467 g/mol. The summed E-state index contributed by atoms with van der Waals surface area (Å²) in [7, 11) is -2.50. The van der Waals surface area contributed by atoms with Gasteiger partial charge in [-0.25, -0.2) is 17.9 Å². The molecule has 1 N–H and O–H groups in total. The lowest BCUT2D eigenvalue weighted by atomic mass is 10.2. The summed E-state index contributed by atoms with van der Waals surface area (Å²) in [5.74, 6) is -0.914. The fourth-order valence-electron chi connectivity index (χ4n) is 3.10. The minimum Gasteiger partial charge on any atom is -0.497 e. The molecule has 2 aromatic carbocycles. The van der Waals surface area contributed by atoms with Gasteiger partial charge < -0.3 is 9.84 Å². The van der Waals surface area contributed by atoms with Gasteiger partial charge >= 0.3 is 5.97 Å². The summed E-state index contributed by atoms with van der Waals surface area (Å²) in [6.45, 7) is -0.171. The highest BCUT2D eigenvalue weighted by molar-refractivity contribution is 7.92. The zero-order chi connectivity index (χ0) is 22.8. The van der Waals surface area contributed by atoms with E-state index in [2.05, 4.69) is 10.3 Å². The van der Waals surface area contributed by atoms with Crippen LogP contribution in [-0.2, 0) is 21.4 Å². The smallest absolute Gasteiger partial charge is 0.327 e. The topological polar surface area (TPSA) is 132 Å². The van der Waals surface area contributed by atoms with E-state index in [1.165, 1.54) is 37.4 Å². The number of aromatic nitrogens is 3. The third-order valence-corrected chi connectivity index (χ3v) is 5.98. The van der Waals surface area contributed by atoms with E-state index in [0.29, 0.717) is 16.3 Å². The molecule has 0 saturated heterocycles. The van der Waals surface area contributed by atoms with Crippen molar-refractivity contribution in [2.24, 2.45) is 0 Å². The van der Waals surface area contributed by atoms with E-state index in [9.17, 15) is 23.1 Å². The molecule has 0 aliphatic heterocycles.